The number of rotatable bonds is 7. The van der Waals surface area contributed by atoms with E-state index in [1.165, 1.54) is 0 Å². The molecule has 0 fully saturated rings. The van der Waals surface area contributed by atoms with Crippen molar-refractivity contribution in [1.29, 1.82) is 0 Å². The number of para-hydroxylation sites is 1. The van der Waals surface area contributed by atoms with Gasteiger partial charge in [-0.1, -0.05) is 23.7 Å². The smallest absolute Gasteiger partial charge is 0.238 e. The molecule has 0 saturated heterocycles. The summed E-state index contributed by atoms with van der Waals surface area (Å²) in [5.74, 6) is -0.244. The molecule has 0 aliphatic carbocycles. The molecule has 110 valence electrons. The van der Waals surface area contributed by atoms with E-state index in [4.69, 9.17) is 11.6 Å². The summed E-state index contributed by atoms with van der Waals surface area (Å²) in [5, 5.41) is 6.00. The van der Waals surface area contributed by atoms with Crippen LogP contribution in [0, 0.1) is 0 Å². The number of carbonyl (C=O) groups excluding carboxylic acids is 2. The van der Waals surface area contributed by atoms with Crippen LogP contribution in [-0.2, 0) is 9.59 Å². The Morgan fingerprint density at radius 2 is 1.80 bits per heavy atom. The largest absolute Gasteiger partial charge is 0.342 e. The fraction of sp³-hybridized carbons (Fsp3) is 0.429. The van der Waals surface area contributed by atoms with Gasteiger partial charge in [-0.3, -0.25) is 14.9 Å². The second kappa shape index (κ2) is 8.55. The summed E-state index contributed by atoms with van der Waals surface area (Å²) >= 11 is 5.94. The maximum Gasteiger partial charge on any atom is 0.238 e. The Labute approximate surface area is 124 Å². The van der Waals surface area contributed by atoms with Crippen LogP contribution in [-0.4, -0.2) is 42.9 Å². The predicted octanol–water partition coefficient (Wildman–Crippen LogP) is 1.74. The Balaban J connectivity index is 2.34. The van der Waals surface area contributed by atoms with Gasteiger partial charge in [-0.05, 0) is 26.0 Å². The van der Waals surface area contributed by atoms with Crippen LogP contribution in [0.5, 0.6) is 0 Å². The van der Waals surface area contributed by atoms with Gasteiger partial charge in [0.15, 0.2) is 0 Å². The molecule has 0 bridgehead atoms. The van der Waals surface area contributed by atoms with E-state index in [-0.39, 0.29) is 24.9 Å². The number of hydrogen-bond donors (Lipinski definition) is 2. The van der Waals surface area contributed by atoms with Crippen molar-refractivity contribution < 1.29 is 9.59 Å². The Kier molecular flexibility index (Phi) is 7.04. The first-order valence-corrected chi connectivity index (χ1v) is 6.99. The second-order valence-corrected chi connectivity index (χ2v) is 4.60. The van der Waals surface area contributed by atoms with Gasteiger partial charge in [0.25, 0.3) is 0 Å². The molecule has 1 rings (SSSR count). The first-order valence-electron chi connectivity index (χ1n) is 6.61. The minimum absolute atomic E-state index is 0.0134. The fourth-order valence-electron chi connectivity index (χ4n) is 1.73. The molecule has 0 atom stereocenters. The SMILES string of the molecule is CCN(CC)C(=O)CNCC(=O)Nc1ccccc1Cl. The lowest BCUT2D eigenvalue weighted by atomic mass is 10.3. The molecule has 0 spiro atoms. The molecule has 0 aliphatic heterocycles. The molecule has 2 N–H and O–H groups in total. The van der Waals surface area contributed by atoms with Crippen molar-refractivity contribution in [2.45, 2.75) is 13.8 Å². The van der Waals surface area contributed by atoms with Crippen molar-refractivity contribution >= 4 is 29.1 Å². The number of amides is 2. The number of nitrogens with zero attached hydrogens (tertiary/aromatic N) is 1. The van der Waals surface area contributed by atoms with Crippen molar-refractivity contribution in [3.8, 4) is 0 Å². The van der Waals surface area contributed by atoms with Gasteiger partial charge < -0.3 is 10.2 Å². The van der Waals surface area contributed by atoms with Gasteiger partial charge in [-0.15, -0.1) is 0 Å². The summed E-state index contributed by atoms with van der Waals surface area (Å²) in [4.78, 5) is 25.1. The Morgan fingerprint density at radius 3 is 2.40 bits per heavy atom. The van der Waals surface area contributed by atoms with Crippen LogP contribution in [0.3, 0.4) is 0 Å². The topological polar surface area (TPSA) is 61.4 Å². The maximum absolute atomic E-state index is 11.7. The van der Waals surface area contributed by atoms with E-state index in [0.29, 0.717) is 23.8 Å². The molecule has 6 heteroatoms. The van der Waals surface area contributed by atoms with Gasteiger partial charge in [0.2, 0.25) is 11.8 Å². The van der Waals surface area contributed by atoms with E-state index in [9.17, 15) is 9.59 Å². The number of halogens is 1. The van der Waals surface area contributed by atoms with Crippen LogP contribution >= 0.6 is 11.6 Å². The van der Waals surface area contributed by atoms with Gasteiger partial charge in [0.05, 0.1) is 23.8 Å². The number of benzene rings is 1. The summed E-state index contributed by atoms with van der Waals surface area (Å²) < 4.78 is 0. The molecule has 20 heavy (non-hydrogen) atoms. The number of likely N-dealkylation sites (N-methyl/N-ethyl adjacent to an activating group) is 1. The monoisotopic (exact) mass is 297 g/mol. The molecule has 0 heterocycles. The lowest BCUT2D eigenvalue weighted by Gasteiger charge is -2.18. The molecule has 0 radical (unpaired) electrons. The number of hydrogen-bond acceptors (Lipinski definition) is 3. The quantitative estimate of drug-likeness (QED) is 0.806. The highest BCUT2D eigenvalue weighted by Gasteiger charge is 2.10. The zero-order chi connectivity index (χ0) is 15.0. The molecular formula is C14H20ClN3O2. The van der Waals surface area contributed by atoms with Gasteiger partial charge in [0.1, 0.15) is 0 Å². The Bertz CT molecular complexity index is 461. The first kappa shape index (κ1) is 16.5. The summed E-state index contributed by atoms with van der Waals surface area (Å²) in [7, 11) is 0. The normalized spacial score (nSPS) is 10.2. The van der Waals surface area contributed by atoms with E-state index in [1.807, 2.05) is 13.8 Å². The van der Waals surface area contributed by atoms with Crippen molar-refractivity contribution in [3.05, 3.63) is 29.3 Å². The van der Waals surface area contributed by atoms with Crippen LogP contribution in [0.2, 0.25) is 5.02 Å². The van der Waals surface area contributed by atoms with Crippen LogP contribution in [0.25, 0.3) is 0 Å². The van der Waals surface area contributed by atoms with Crippen LogP contribution in [0.15, 0.2) is 24.3 Å². The third-order valence-corrected chi connectivity index (χ3v) is 3.16. The third kappa shape index (κ3) is 5.19. The number of anilines is 1. The Hall–Kier alpha value is -1.59. The van der Waals surface area contributed by atoms with Crippen LogP contribution < -0.4 is 10.6 Å². The predicted molar refractivity (Wildman–Crippen MR) is 80.9 cm³/mol. The average molecular weight is 298 g/mol. The average Bonchev–Trinajstić information content (AvgIpc) is 2.43. The zero-order valence-corrected chi connectivity index (χ0v) is 12.5. The van der Waals surface area contributed by atoms with E-state index < -0.39 is 0 Å². The highest BCUT2D eigenvalue weighted by Crippen LogP contribution is 2.19. The number of nitrogens with one attached hydrogen (secondary N) is 2. The summed E-state index contributed by atoms with van der Waals surface area (Å²) in [6, 6.07) is 7.01. The Morgan fingerprint density at radius 1 is 1.15 bits per heavy atom. The fourth-order valence-corrected chi connectivity index (χ4v) is 1.91. The highest BCUT2D eigenvalue weighted by atomic mass is 35.5. The van der Waals surface area contributed by atoms with E-state index in [1.54, 1.807) is 29.2 Å². The van der Waals surface area contributed by atoms with Gasteiger partial charge in [0, 0.05) is 13.1 Å². The summed E-state index contributed by atoms with van der Waals surface area (Å²) in [5.41, 5.74) is 0.566. The van der Waals surface area contributed by atoms with E-state index in [0.717, 1.165) is 0 Å². The first-order chi connectivity index (χ1) is 9.58. The van der Waals surface area contributed by atoms with Gasteiger partial charge >= 0.3 is 0 Å². The molecule has 0 aromatic heterocycles. The van der Waals surface area contributed by atoms with Crippen molar-refractivity contribution in [3.63, 3.8) is 0 Å². The van der Waals surface area contributed by atoms with E-state index >= 15 is 0 Å². The lowest BCUT2D eigenvalue weighted by molar-refractivity contribution is -0.129. The molecule has 1 aromatic carbocycles. The summed E-state index contributed by atoms with van der Waals surface area (Å²) in [6.45, 7) is 5.40. The lowest BCUT2D eigenvalue weighted by Crippen LogP contribution is -2.40. The second-order valence-electron chi connectivity index (χ2n) is 4.20. The standard InChI is InChI=1S/C14H20ClN3O2/c1-3-18(4-2)14(20)10-16-9-13(19)17-12-8-6-5-7-11(12)15/h5-8,16H,3-4,9-10H2,1-2H3,(H,17,19). The highest BCUT2D eigenvalue weighted by molar-refractivity contribution is 6.33. The summed E-state index contributed by atoms with van der Waals surface area (Å²) in [6.07, 6.45) is 0. The zero-order valence-electron chi connectivity index (χ0n) is 11.8. The van der Waals surface area contributed by atoms with Gasteiger partial charge in [-0.2, -0.15) is 0 Å². The van der Waals surface area contributed by atoms with E-state index in [2.05, 4.69) is 10.6 Å². The van der Waals surface area contributed by atoms with Crippen molar-refractivity contribution in [2.24, 2.45) is 0 Å². The van der Waals surface area contributed by atoms with Crippen molar-refractivity contribution in [2.75, 3.05) is 31.5 Å². The molecule has 0 saturated carbocycles. The molecule has 2 amide bonds. The molecule has 5 nitrogen and oxygen atoms in total. The van der Waals surface area contributed by atoms with Crippen LogP contribution in [0.1, 0.15) is 13.8 Å². The molecular weight excluding hydrogens is 278 g/mol. The molecule has 0 unspecified atom stereocenters. The minimum atomic E-state index is -0.231. The van der Waals surface area contributed by atoms with Crippen molar-refractivity contribution in [1.82, 2.24) is 10.2 Å². The molecule has 0 aliphatic rings. The number of carbonyl (C=O) groups is 2. The van der Waals surface area contributed by atoms with Crippen LogP contribution in [0.4, 0.5) is 5.69 Å². The third-order valence-electron chi connectivity index (χ3n) is 2.83. The molecule has 1 aromatic rings. The maximum atomic E-state index is 11.7. The minimum Gasteiger partial charge on any atom is -0.342 e. The van der Waals surface area contributed by atoms with Gasteiger partial charge in [-0.25, -0.2) is 0 Å².